The fraction of sp³-hybridized carbons (Fsp3) is 0.227. The minimum Gasteiger partial charge on any atom is -0.255 e. The SMILES string of the molecule is CCCCCCCCC1(CCCCCCCC)c2cc(C#Cc3ccc(-c4cc(-c5ccccn5)nc(-c5ccccn5)c4)cc3)ccc2-c2ccc(C#Cc3ccc(-c4cc(-c5ccccn5)nc(-c5ccccn5)c4)cc3)cc21. The van der Waals surface area contributed by atoms with Crippen LogP contribution in [0.4, 0.5) is 0 Å². The first-order valence-electron chi connectivity index (χ1n) is 29.3. The van der Waals surface area contributed by atoms with E-state index in [9.17, 15) is 0 Å². The average Bonchev–Trinajstić information content (AvgIpc) is 3.33. The summed E-state index contributed by atoms with van der Waals surface area (Å²) in [4.78, 5) is 28.5. The van der Waals surface area contributed by atoms with Gasteiger partial charge in [0.05, 0.1) is 45.6 Å². The minimum atomic E-state index is -0.127. The maximum atomic E-state index is 4.98. The molecule has 6 nitrogen and oxygen atoms in total. The Morgan fingerprint density at radius 1 is 0.296 bits per heavy atom. The Labute approximate surface area is 479 Å². The van der Waals surface area contributed by atoms with Crippen molar-refractivity contribution < 1.29 is 0 Å². The van der Waals surface area contributed by atoms with E-state index in [1.807, 2.05) is 72.8 Å². The maximum Gasteiger partial charge on any atom is 0.0900 e. The summed E-state index contributed by atoms with van der Waals surface area (Å²) in [5.74, 6) is 14.4. The standard InChI is InChI=1S/C75H68N6/c1-3-5-7-9-11-17-43-75(44-18-12-10-8-6-4-2)65-49-57(29-27-55-31-37-59(38-32-55)61-51-71(67-23-13-19-45-76-67)80-72(52-61)68-24-14-20-46-77-68)35-41-63(65)64-42-36-58(50-66(64)75)30-28-56-33-39-60(40-34-56)62-53-73(69-25-15-21-47-78-69)81-74(54-62)70-26-16-22-48-79-70/h13-16,19-26,31-42,45-54H,3-12,17-18,43-44H2,1-2H3. The highest BCUT2D eigenvalue weighted by Gasteiger charge is 2.42. The highest BCUT2D eigenvalue weighted by atomic mass is 14.8. The summed E-state index contributed by atoms with van der Waals surface area (Å²) in [6.07, 6.45) is 24.6. The molecular formula is C75H68N6. The van der Waals surface area contributed by atoms with E-state index in [0.29, 0.717) is 0 Å². The van der Waals surface area contributed by atoms with Crippen LogP contribution in [0.25, 0.3) is 78.9 Å². The first-order valence-corrected chi connectivity index (χ1v) is 29.3. The smallest absolute Gasteiger partial charge is 0.0900 e. The zero-order chi connectivity index (χ0) is 55.1. The Morgan fingerprint density at radius 3 is 0.951 bits per heavy atom. The number of rotatable bonds is 20. The molecule has 0 spiro atoms. The molecule has 0 bridgehead atoms. The number of pyridine rings is 6. The second-order valence-corrected chi connectivity index (χ2v) is 21.4. The van der Waals surface area contributed by atoms with E-state index in [1.54, 1.807) is 24.8 Å². The van der Waals surface area contributed by atoms with Gasteiger partial charge in [-0.25, -0.2) is 9.97 Å². The molecule has 6 heterocycles. The number of hydrogen-bond donors (Lipinski definition) is 0. The summed E-state index contributed by atoms with van der Waals surface area (Å²) >= 11 is 0. The van der Waals surface area contributed by atoms with Crippen LogP contribution in [0.15, 0.2) is 207 Å². The molecule has 10 aromatic rings. The molecule has 11 rings (SSSR count). The molecular weight excluding hydrogens is 985 g/mol. The van der Waals surface area contributed by atoms with Gasteiger partial charge in [0.15, 0.2) is 0 Å². The predicted octanol–water partition coefficient (Wildman–Crippen LogP) is 18.6. The number of nitrogens with zero attached hydrogens (tertiary/aromatic N) is 6. The van der Waals surface area contributed by atoms with E-state index in [1.165, 1.54) is 99.3 Å². The second-order valence-electron chi connectivity index (χ2n) is 21.4. The fourth-order valence-electron chi connectivity index (χ4n) is 11.5. The van der Waals surface area contributed by atoms with Gasteiger partial charge in [0.1, 0.15) is 0 Å². The largest absolute Gasteiger partial charge is 0.255 e. The third-order valence-electron chi connectivity index (χ3n) is 15.8. The Bertz CT molecular complexity index is 3460. The van der Waals surface area contributed by atoms with Gasteiger partial charge in [0.25, 0.3) is 0 Å². The zero-order valence-electron chi connectivity index (χ0n) is 46.7. The third kappa shape index (κ3) is 13.0. The van der Waals surface area contributed by atoms with Crippen LogP contribution in [-0.4, -0.2) is 29.9 Å². The Balaban J connectivity index is 0.896. The number of unbranched alkanes of at least 4 members (excludes halogenated alkanes) is 10. The Kier molecular flexibility index (Phi) is 17.5. The van der Waals surface area contributed by atoms with Crippen LogP contribution < -0.4 is 0 Å². The van der Waals surface area contributed by atoms with Crippen LogP contribution in [0, 0.1) is 23.7 Å². The monoisotopic (exact) mass is 1050 g/mol. The molecule has 0 radical (unpaired) electrons. The molecule has 81 heavy (non-hydrogen) atoms. The van der Waals surface area contributed by atoms with E-state index in [2.05, 4.69) is 167 Å². The van der Waals surface area contributed by atoms with E-state index in [0.717, 1.165) is 103 Å². The first kappa shape index (κ1) is 53.9. The highest BCUT2D eigenvalue weighted by Crippen LogP contribution is 2.55. The number of fused-ring (bicyclic) bond motifs is 3. The van der Waals surface area contributed by atoms with Crippen molar-refractivity contribution >= 4 is 0 Å². The average molecular weight is 1050 g/mol. The van der Waals surface area contributed by atoms with Gasteiger partial charge in [-0.2, -0.15) is 0 Å². The van der Waals surface area contributed by atoms with Gasteiger partial charge >= 0.3 is 0 Å². The molecule has 6 heteroatoms. The molecule has 4 aromatic carbocycles. The molecule has 0 saturated carbocycles. The van der Waals surface area contributed by atoms with Crippen molar-refractivity contribution in [2.45, 2.75) is 109 Å². The lowest BCUT2D eigenvalue weighted by atomic mass is 9.70. The molecule has 398 valence electrons. The van der Waals surface area contributed by atoms with Gasteiger partial charge in [-0.3, -0.25) is 19.9 Å². The van der Waals surface area contributed by atoms with Gasteiger partial charge in [0.2, 0.25) is 0 Å². The molecule has 0 unspecified atom stereocenters. The van der Waals surface area contributed by atoms with Crippen molar-refractivity contribution in [3.8, 4) is 103 Å². The van der Waals surface area contributed by atoms with Crippen LogP contribution in [-0.2, 0) is 5.41 Å². The van der Waals surface area contributed by atoms with E-state index < -0.39 is 0 Å². The van der Waals surface area contributed by atoms with Crippen molar-refractivity contribution in [1.82, 2.24) is 29.9 Å². The fourth-order valence-corrected chi connectivity index (χ4v) is 11.5. The van der Waals surface area contributed by atoms with Gasteiger partial charge in [-0.1, -0.05) is 175 Å². The summed E-state index contributed by atoms with van der Waals surface area (Å²) in [5.41, 5.74) is 20.2. The lowest BCUT2D eigenvalue weighted by Gasteiger charge is -2.33. The summed E-state index contributed by atoms with van der Waals surface area (Å²) < 4.78 is 0. The van der Waals surface area contributed by atoms with Crippen LogP contribution in [0.3, 0.4) is 0 Å². The first-order chi connectivity index (χ1) is 40.0. The minimum absolute atomic E-state index is 0.127. The van der Waals surface area contributed by atoms with Crippen molar-refractivity contribution in [3.63, 3.8) is 0 Å². The molecule has 0 N–H and O–H groups in total. The summed E-state index contributed by atoms with van der Waals surface area (Å²) in [6.45, 7) is 4.60. The summed E-state index contributed by atoms with van der Waals surface area (Å²) in [5, 5.41) is 0. The lowest BCUT2D eigenvalue weighted by molar-refractivity contribution is 0.397. The van der Waals surface area contributed by atoms with E-state index >= 15 is 0 Å². The molecule has 0 fully saturated rings. The Morgan fingerprint density at radius 2 is 0.617 bits per heavy atom. The number of hydrogen-bond acceptors (Lipinski definition) is 6. The predicted molar refractivity (Wildman–Crippen MR) is 333 cm³/mol. The van der Waals surface area contributed by atoms with Crippen molar-refractivity contribution in [2.24, 2.45) is 0 Å². The van der Waals surface area contributed by atoms with Crippen molar-refractivity contribution in [2.75, 3.05) is 0 Å². The second kappa shape index (κ2) is 26.2. The van der Waals surface area contributed by atoms with Crippen molar-refractivity contribution in [3.05, 3.63) is 240 Å². The molecule has 1 aliphatic carbocycles. The Hall–Kier alpha value is -9.10. The molecule has 6 aromatic heterocycles. The summed E-state index contributed by atoms with van der Waals surface area (Å²) in [7, 11) is 0. The molecule has 0 aliphatic heterocycles. The van der Waals surface area contributed by atoms with E-state index in [4.69, 9.17) is 9.97 Å². The van der Waals surface area contributed by atoms with Gasteiger partial charge in [0, 0.05) is 52.5 Å². The lowest BCUT2D eigenvalue weighted by Crippen LogP contribution is -2.26. The zero-order valence-corrected chi connectivity index (χ0v) is 46.7. The highest BCUT2D eigenvalue weighted by molar-refractivity contribution is 5.83. The molecule has 0 amide bonds. The maximum absolute atomic E-state index is 4.98. The van der Waals surface area contributed by atoms with Gasteiger partial charge in [-0.15, -0.1) is 0 Å². The normalized spacial score (nSPS) is 11.9. The van der Waals surface area contributed by atoms with E-state index in [-0.39, 0.29) is 5.41 Å². The van der Waals surface area contributed by atoms with Crippen LogP contribution in [0.5, 0.6) is 0 Å². The van der Waals surface area contributed by atoms with Crippen LogP contribution >= 0.6 is 0 Å². The third-order valence-corrected chi connectivity index (χ3v) is 15.8. The molecule has 0 atom stereocenters. The summed E-state index contributed by atoms with van der Waals surface area (Å²) in [6, 6.07) is 63.3. The topological polar surface area (TPSA) is 77.3 Å². The molecule has 1 aliphatic rings. The quantitative estimate of drug-likeness (QED) is 0.0559. The van der Waals surface area contributed by atoms with Gasteiger partial charge in [-0.05, 0) is 179 Å². The van der Waals surface area contributed by atoms with Crippen molar-refractivity contribution in [1.29, 1.82) is 0 Å². The number of benzene rings is 4. The van der Waals surface area contributed by atoms with Crippen LogP contribution in [0.1, 0.15) is 137 Å². The van der Waals surface area contributed by atoms with Crippen LogP contribution in [0.2, 0.25) is 0 Å². The molecule has 0 saturated heterocycles. The number of aromatic nitrogens is 6. The van der Waals surface area contributed by atoms with Gasteiger partial charge < -0.3 is 0 Å².